The highest BCUT2D eigenvalue weighted by Crippen LogP contribution is 2.33. The number of rotatable bonds is 5. The summed E-state index contributed by atoms with van der Waals surface area (Å²) in [6.07, 6.45) is 3.19. The first kappa shape index (κ1) is 13.9. The van der Waals surface area contributed by atoms with Gasteiger partial charge in [0.1, 0.15) is 5.75 Å². The van der Waals surface area contributed by atoms with Crippen LogP contribution in [0, 0.1) is 5.92 Å². The Kier molecular flexibility index (Phi) is 3.79. The first-order valence-corrected chi connectivity index (χ1v) is 7.20. The molecule has 21 heavy (non-hydrogen) atoms. The summed E-state index contributed by atoms with van der Waals surface area (Å²) in [5, 5.41) is 6.39. The van der Waals surface area contributed by atoms with Crippen molar-refractivity contribution >= 4 is 17.5 Å². The fraction of sp³-hybridized carbons (Fsp3) is 0.467. The van der Waals surface area contributed by atoms with E-state index in [4.69, 9.17) is 10.5 Å². The molecule has 2 heterocycles. The van der Waals surface area contributed by atoms with Crippen molar-refractivity contribution in [2.24, 2.45) is 11.7 Å². The van der Waals surface area contributed by atoms with Gasteiger partial charge in [-0.2, -0.15) is 0 Å². The largest absolute Gasteiger partial charge is 0.484 e. The van der Waals surface area contributed by atoms with Crippen molar-refractivity contribution in [2.45, 2.75) is 31.3 Å². The zero-order chi connectivity index (χ0) is 14.8. The van der Waals surface area contributed by atoms with Crippen LogP contribution in [-0.4, -0.2) is 30.5 Å². The predicted octanol–water partition coefficient (Wildman–Crippen LogP) is 0.630. The van der Waals surface area contributed by atoms with Gasteiger partial charge in [0.25, 0.3) is 5.91 Å². The van der Waals surface area contributed by atoms with Crippen molar-refractivity contribution in [1.82, 2.24) is 5.32 Å². The third-order valence-electron chi connectivity index (χ3n) is 4.14. The molecular weight excluding hydrogens is 270 g/mol. The first-order chi connectivity index (χ1) is 10.1. The molecule has 3 unspecified atom stereocenters. The molecule has 1 aromatic rings. The number of nitrogens with two attached hydrogens (primary N) is 1. The number of amides is 2. The number of primary amides is 1. The molecule has 3 atom stereocenters. The molecule has 2 bridgehead atoms. The molecule has 2 fully saturated rings. The topological polar surface area (TPSA) is 93.5 Å². The Bertz CT molecular complexity index is 544. The molecule has 0 radical (unpaired) electrons. The summed E-state index contributed by atoms with van der Waals surface area (Å²) in [6.45, 7) is -0.150. The molecular formula is C15H19N3O3. The van der Waals surface area contributed by atoms with E-state index in [0.29, 0.717) is 17.8 Å². The van der Waals surface area contributed by atoms with Crippen molar-refractivity contribution in [3.05, 3.63) is 24.3 Å². The van der Waals surface area contributed by atoms with Gasteiger partial charge in [-0.05, 0) is 43.5 Å². The highest BCUT2D eigenvalue weighted by molar-refractivity contribution is 5.93. The third-order valence-corrected chi connectivity index (χ3v) is 4.14. The van der Waals surface area contributed by atoms with E-state index in [2.05, 4.69) is 10.6 Å². The maximum Gasteiger partial charge on any atom is 0.255 e. The van der Waals surface area contributed by atoms with Gasteiger partial charge in [-0.15, -0.1) is 0 Å². The summed E-state index contributed by atoms with van der Waals surface area (Å²) >= 11 is 0. The molecule has 2 aliphatic rings. The SMILES string of the molecule is NC(=O)COc1ccc(NC(=O)C2CC3CCC2N3)cc1. The monoisotopic (exact) mass is 289 g/mol. The van der Waals surface area contributed by atoms with Crippen molar-refractivity contribution < 1.29 is 14.3 Å². The van der Waals surface area contributed by atoms with Gasteiger partial charge in [-0.25, -0.2) is 0 Å². The van der Waals surface area contributed by atoms with Gasteiger partial charge in [-0.3, -0.25) is 9.59 Å². The zero-order valence-corrected chi connectivity index (χ0v) is 11.7. The molecule has 4 N–H and O–H groups in total. The molecule has 0 aliphatic carbocycles. The lowest BCUT2D eigenvalue weighted by Gasteiger charge is -2.19. The highest BCUT2D eigenvalue weighted by atomic mass is 16.5. The Morgan fingerprint density at radius 2 is 2.05 bits per heavy atom. The van der Waals surface area contributed by atoms with Gasteiger partial charge in [0.2, 0.25) is 5.91 Å². The summed E-state index contributed by atoms with van der Waals surface area (Å²) in [6, 6.07) is 7.77. The quantitative estimate of drug-likeness (QED) is 0.741. The molecule has 3 rings (SSSR count). The number of hydrogen-bond acceptors (Lipinski definition) is 4. The lowest BCUT2D eigenvalue weighted by Crippen LogP contribution is -2.32. The van der Waals surface area contributed by atoms with E-state index in [9.17, 15) is 9.59 Å². The molecule has 2 aliphatic heterocycles. The van der Waals surface area contributed by atoms with Crippen LogP contribution in [-0.2, 0) is 9.59 Å². The number of fused-ring (bicyclic) bond motifs is 2. The van der Waals surface area contributed by atoms with Crippen LogP contribution >= 0.6 is 0 Å². The minimum atomic E-state index is -0.517. The second kappa shape index (κ2) is 5.73. The minimum absolute atomic E-state index is 0.0644. The van der Waals surface area contributed by atoms with Crippen LogP contribution in [0.2, 0.25) is 0 Å². The lowest BCUT2D eigenvalue weighted by molar-refractivity contribution is -0.121. The second-order valence-corrected chi connectivity index (χ2v) is 5.66. The van der Waals surface area contributed by atoms with Gasteiger partial charge >= 0.3 is 0 Å². The van der Waals surface area contributed by atoms with Crippen LogP contribution < -0.4 is 21.1 Å². The molecule has 112 valence electrons. The Morgan fingerprint density at radius 1 is 1.29 bits per heavy atom. The smallest absolute Gasteiger partial charge is 0.255 e. The van der Waals surface area contributed by atoms with E-state index in [1.807, 2.05) is 0 Å². The van der Waals surface area contributed by atoms with Gasteiger partial charge in [-0.1, -0.05) is 0 Å². The average Bonchev–Trinajstić information content (AvgIpc) is 3.09. The number of anilines is 1. The fourth-order valence-electron chi connectivity index (χ4n) is 3.14. The van der Waals surface area contributed by atoms with Crippen LogP contribution in [0.1, 0.15) is 19.3 Å². The van der Waals surface area contributed by atoms with E-state index in [1.54, 1.807) is 24.3 Å². The Morgan fingerprint density at radius 3 is 2.62 bits per heavy atom. The maximum absolute atomic E-state index is 12.3. The normalized spacial score (nSPS) is 26.6. The Hall–Kier alpha value is -2.08. The Labute approximate surface area is 123 Å². The number of carbonyl (C=O) groups excluding carboxylic acids is 2. The van der Waals surface area contributed by atoms with Crippen LogP contribution in [0.15, 0.2) is 24.3 Å². The van der Waals surface area contributed by atoms with Crippen molar-refractivity contribution in [2.75, 3.05) is 11.9 Å². The van der Waals surface area contributed by atoms with Crippen LogP contribution in [0.25, 0.3) is 0 Å². The molecule has 6 heteroatoms. The first-order valence-electron chi connectivity index (χ1n) is 7.20. The third kappa shape index (κ3) is 3.16. The van der Waals surface area contributed by atoms with E-state index >= 15 is 0 Å². The van der Waals surface area contributed by atoms with Crippen molar-refractivity contribution in [3.63, 3.8) is 0 Å². The minimum Gasteiger partial charge on any atom is -0.484 e. The zero-order valence-electron chi connectivity index (χ0n) is 11.7. The van der Waals surface area contributed by atoms with Gasteiger partial charge in [0, 0.05) is 17.8 Å². The van der Waals surface area contributed by atoms with Crippen molar-refractivity contribution in [3.8, 4) is 5.75 Å². The number of nitrogens with one attached hydrogen (secondary N) is 2. The summed E-state index contributed by atoms with van der Waals surface area (Å²) in [7, 11) is 0. The molecule has 1 aromatic carbocycles. The fourth-order valence-corrected chi connectivity index (χ4v) is 3.14. The standard InChI is InChI=1S/C15H19N3O3/c16-14(19)8-21-11-4-1-9(2-5-11)18-15(20)12-7-10-3-6-13(12)17-10/h1-2,4-5,10,12-13,17H,3,6-8H2,(H2,16,19)(H,18,20). The molecule has 2 saturated heterocycles. The summed E-state index contributed by atoms with van der Waals surface area (Å²) in [4.78, 5) is 22.9. The number of benzene rings is 1. The van der Waals surface area contributed by atoms with E-state index in [1.165, 1.54) is 6.42 Å². The summed E-state index contributed by atoms with van der Waals surface area (Å²) in [5.41, 5.74) is 5.74. The Balaban J connectivity index is 1.55. The van der Waals surface area contributed by atoms with E-state index in [0.717, 1.165) is 18.5 Å². The van der Waals surface area contributed by atoms with Crippen molar-refractivity contribution in [1.29, 1.82) is 0 Å². The van der Waals surface area contributed by atoms with E-state index < -0.39 is 5.91 Å². The summed E-state index contributed by atoms with van der Waals surface area (Å²) < 4.78 is 5.17. The molecule has 2 amide bonds. The van der Waals surface area contributed by atoms with E-state index in [-0.39, 0.29) is 18.4 Å². The molecule has 0 saturated carbocycles. The van der Waals surface area contributed by atoms with Crippen LogP contribution in [0.3, 0.4) is 0 Å². The molecule has 0 spiro atoms. The van der Waals surface area contributed by atoms with Gasteiger partial charge in [0.15, 0.2) is 6.61 Å². The average molecular weight is 289 g/mol. The predicted molar refractivity (Wildman–Crippen MR) is 77.8 cm³/mol. The molecule has 6 nitrogen and oxygen atoms in total. The second-order valence-electron chi connectivity index (χ2n) is 5.66. The van der Waals surface area contributed by atoms with Crippen LogP contribution in [0.5, 0.6) is 5.75 Å². The lowest BCUT2D eigenvalue weighted by atomic mass is 9.88. The molecule has 0 aromatic heterocycles. The number of ether oxygens (including phenoxy) is 1. The van der Waals surface area contributed by atoms with Crippen LogP contribution in [0.4, 0.5) is 5.69 Å². The summed E-state index contributed by atoms with van der Waals surface area (Å²) in [5.74, 6) is 0.166. The number of carbonyl (C=O) groups is 2. The number of hydrogen-bond donors (Lipinski definition) is 3. The van der Waals surface area contributed by atoms with Gasteiger partial charge in [0.05, 0.1) is 5.92 Å². The maximum atomic E-state index is 12.3. The van der Waals surface area contributed by atoms with Gasteiger partial charge < -0.3 is 21.1 Å². The highest BCUT2D eigenvalue weighted by Gasteiger charge is 2.42.